The molecule has 0 bridgehead atoms. The molecule has 0 aromatic carbocycles. The molecule has 0 spiro atoms. The van der Waals surface area contributed by atoms with Gasteiger partial charge in [-0.1, -0.05) is 13.0 Å². The van der Waals surface area contributed by atoms with Gasteiger partial charge in [-0.3, -0.25) is 0 Å². The van der Waals surface area contributed by atoms with Crippen molar-refractivity contribution in [2.75, 3.05) is 6.54 Å². The minimum absolute atomic E-state index is 0.569. The maximum absolute atomic E-state index is 5.25. The maximum atomic E-state index is 5.25. The Morgan fingerprint density at radius 2 is 2.33 bits per heavy atom. The molecule has 2 heterocycles. The highest BCUT2D eigenvalue weighted by atomic mass is 32.1. The van der Waals surface area contributed by atoms with Crippen molar-refractivity contribution in [3.05, 3.63) is 46.5 Å². The van der Waals surface area contributed by atoms with Crippen molar-refractivity contribution in [1.82, 2.24) is 5.32 Å². The van der Waals surface area contributed by atoms with Crippen LogP contribution in [0.5, 0.6) is 0 Å². The number of nitrogens with one attached hydrogen (secondary N) is 1. The number of furan rings is 1. The molecule has 2 aromatic heterocycles. The lowest BCUT2D eigenvalue weighted by molar-refractivity contribution is 0.477. The standard InChI is InChI=1S/C12H15NOS/c1-10(12-5-3-7-15-12)8-13-9-11-4-2-6-14-11/h2-7,10,13H,8-9H2,1H3. The third-order valence-electron chi connectivity index (χ3n) is 2.36. The second kappa shape index (κ2) is 5.14. The summed E-state index contributed by atoms with van der Waals surface area (Å²) in [4.78, 5) is 1.43. The van der Waals surface area contributed by atoms with Crippen LogP contribution in [0.3, 0.4) is 0 Å². The molecule has 1 unspecified atom stereocenters. The lowest BCUT2D eigenvalue weighted by atomic mass is 10.1. The fourth-order valence-electron chi connectivity index (χ4n) is 1.50. The molecule has 2 aromatic rings. The van der Waals surface area contributed by atoms with E-state index < -0.39 is 0 Å². The Balaban J connectivity index is 1.74. The van der Waals surface area contributed by atoms with E-state index in [9.17, 15) is 0 Å². The van der Waals surface area contributed by atoms with Gasteiger partial charge in [0, 0.05) is 17.3 Å². The Hall–Kier alpha value is -1.06. The Kier molecular flexibility index (Phi) is 3.59. The first-order valence-electron chi connectivity index (χ1n) is 5.13. The summed E-state index contributed by atoms with van der Waals surface area (Å²) in [6.45, 7) is 4.03. The van der Waals surface area contributed by atoms with Crippen molar-refractivity contribution in [2.45, 2.75) is 19.4 Å². The van der Waals surface area contributed by atoms with E-state index in [0.717, 1.165) is 18.8 Å². The molecule has 3 heteroatoms. The summed E-state index contributed by atoms with van der Waals surface area (Å²) in [5.74, 6) is 1.56. The molecule has 0 fully saturated rings. The molecule has 15 heavy (non-hydrogen) atoms. The summed E-state index contributed by atoms with van der Waals surface area (Å²) in [6, 6.07) is 8.19. The van der Waals surface area contributed by atoms with E-state index in [2.05, 4.69) is 29.8 Å². The SMILES string of the molecule is CC(CNCc1ccco1)c1cccs1. The highest BCUT2D eigenvalue weighted by Gasteiger charge is 2.05. The van der Waals surface area contributed by atoms with E-state index in [0.29, 0.717) is 5.92 Å². The first kappa shape index (κ1) is 10.5. The summed E-state index contributed by atoms with van der Waals surface area (Å²) in [5, 5.41) is 5.51. The molecule has 80 valence electrons. The average Bonchev–Trinajstić information content (AvgIpc) is 2.90. The van der Waals surface area contributed by atoms with Crippen molar-refractivity contribution < 1.29 is 4.42 Å². The second-order valence-electron chi connectivity index (χ2n) is 3.63. The molecule has 0 saturated heterocycles. The molecule has 0 saturated carbocycles. The first-order valence-corrected chi connectivity index (χ1v) is 6.00. The van der Waals surface area contributed by atoms with Crippen molar-refractivity contribution in [3.63, 3.8) is 0 Å². The summed E-state index contributed by atoms with van der Waals surface area (Å²) < 4.78 is 5.25. The quantitative estimate of drug-likeness (QED) is 0.838. The van der Waals surface area contributed by atoms with Crippen LogP contribution in [0, 0.1) is 0 Å². The van der Waals surface area contributed by atoms with Crippen LogP contribution in [0.1, 0.15) is 23.5 Å². The van der Waals surface area contributed by atoms with Crippen LogP contribution in [-0.4, -0.2) is 6.54 Å². The highest BCUT2D eigenvalue weighted by Crippen LogP contribution is 2.19. The van der Waals surface area contributed by atoms with Gasteiger partial charge in [-0.25, -0.2) is 0 Å². The summed E-state index contributed by atoms with van der Waals surface area (Å²) in [7, 11) is 0. The van der Waals surface area contributed by atoms with Gasteiger partial charge in [-0.15, -0.1) is 11.3 Å². The van der Waals surface area contributed by atoms with Crippen LogP contribution in [0.2, 0.25) is 0 Å². The van der Waals surface area contributed by atoms with Gasteiger partial charge in [0.05, 0.1) is 12.8 Å². The Morgan fingerprint density at radius 1 is 1.40 bits per heavy atom. The molecule has 0 aliphatic heterocycles. The van der Waals surface area contributed by atoms with E-state index in [1.807, 2.05) is 23.5 Å². The summed E-state index contributed by atoms with van der Waals surface area (Å²) >= 11 is 1.82. The zero-order chi connectivity index (χ0) is 10.5. The normalized spacial score (nSPS) is 12.9. The van der Waals surface area contributed by atoms with Crippen molar-refractivity contribution in [2.24, 2.45) is 0 Å². The molecular weight excluding hydrogens is 206 g/mol. The first-order chi connectivity index (χ1) is 7.36. The summed E-state index contributed by atoms with van der Waals surface area (Å²) in [6.07, 6.45) is 1.71. The van der Waals surface area contributed by atoms with Crippen LogP contribution in [0.4, 0.5) is 0 Å². The maximum Gasteiger partial charge on any atom is 0.117 e. The average molecular weight is 221 g/mol. The molecule has 0 radical (unpaired) electrons. The molecule has 1 N–H and O–H groups in total. The molecule has 0 amide bonds. The van der Waals surface area contributed by atoms with E-state index in [1.54, 1.807) is 6.26 Å². The lowest BCUT2D eigenvalue weighted by Gasteiger charge is -2.09. The number of hydrogen-bond acceptors (Lipinski definition) is 3. The fraction of sp³-hybridized carbons (Fsp3) is 0.333. The minimum atomic E-state index is 0.569. The van der Waals surface area contributed by atoms with Gasteiger partial charge < -0.3 is 9.73 Å². The fourth-order valence-corrected chi connectivity index (χ4v) is 2.28. The lowest BCUT2D eigenvalue weighted by Crippen LogP contribution is -2.18. The van der Waals surface area contributed by atoms with Crippen LogP contribution < -0.4 is 5.32 Å². The predicted octanol–water partition coefficient (Wildman–Crippen LogP) is 3.23. The Morgan fingerprint density at radius 3 is 3.00 bits per heavy atom. The molecule has 2 nitrogen and oxygen atoms in total. The van der Waals surface area contributed by atoms with Gasteiger partial charge in [-0.2, -0.15) is 0 Å². The third kappa shape index (κ3) is 2.94. The van der Waals surface area contributed by atoms with Crippen LogP contribution in [0.25, 0.3) is 0 Å². The summed E-state index contributed by atoms with van der Waals surface area (Å²) in [5.41, 5.74) is 0. The highest BCUT2D eigenvalue weighted by molar-refractivity contribution is 7.10. The van der Waals surface area contributed by atoms with Gasteiger partial charge in [0.25, 0.3) is 0 Å². The third-order valence-corrected chi connectivity index (χ3v) is 3.46. The topological polar surface area (TPSA) is 25.2 Å². The van der Waals surface area contributed by atoms with Gasteiger partial charge in [0.1, 0.15) is 5.76 Å². The van der Waals surface area contributed by atoms with Gasteiger partial charge in [0.15, 0.2) is 0 Å². The van der Waals surface area contributed by atoms with Gasteiger partial charge >= 0.3 is 0 Å². The molecule has 0 aliphatic rings. The van der Waals surface area contributed by atoms with Crippen molar-refractivity contribution in [3.8, 4) is 0 Å². The predicted molar refractivity (Wildman–Crippen MR) is 63.1 cm³/mol. The molecule has 0 aliphatic carbocycles. The number of thiophene rings is 1. The van der Waals surface area contributed by atoms with E-state index in [1.165, 1.54) is 4.88 Å². The Labute approximate surface area is 93.9 Å². The number of hydrogen-bond donors (Lipinski definition) is 1. The molecule has 1 atom stereocenters. The van der Waals surface area contributed by atoms with Crippen molar-refractivity contribution in [1.29, 1.82) is 0 Å². The molecule has 2 rings (SSSR count). The molecular formula is C12H15NOS. The van der Waals surface area contributed by atoms with E-state index >= 15 is 0 Å². The van der Waals surface area contributed by atoms with Gasteiger partial charge in [0.2, 0.25) is 0 Å². The zero-order valence-corrected chi connectivity index (χ0v) is 9.59. The van der Waals surface area contributed by atoms with Crippen LogP contribution >= 0.6 is 11.3 Å². The zero-order valence-electron chi connectivity index (χ0n) is 8.77. The van der Waals surface area contributed by atoms with Crippen molar-refractivity contribution >= 4 is 11.3 Å². The largest absolute Gasteiger partial charge is 0.468 e. The van der Waals surface area contributed by atoms with E-state index in [4.69, 9.17) is 4.42 Å². The smallest absolute Gasteiger partial charge is 0.117 e. The van der Waals surface area contributed by atoms with Gasteiger partial charge in [-0.05, 0) is 23.6 Å². The van der Waals surface area contributed by atoms with E-state index in [-0.39, 0.29) is 0 Å². The second-order valence-corrected chi connectivity index (χ2v) is 4.61. The monoisotopic (exact) mass is 221 g/mol. The van der Waals surface area contributed by atoms with Crippen LogP contribution in [-0.2, 0) is 6.54 Å². The minimum Gasteiger partial charge on any atom is -0.468 e. The van der Waals surface area contributed by atoms with Crippen LogP contribution in [0.15, 0.2) is 40.3 Å². The number of rotatable bonds is 5. The Bertz CT molecular complexity index is 366.